The zero-order valence-electron chi connectivity index (χ0n) is 28.3. The second kappa shape index (κ2) is 15.1. The number of nitrogens with zero attached hydrogens (tertiary/aromatic N) is 2. The molecule has 4 atom stereocenters. The van der Waals surface area contributed by atoms with E-state index in [2.05, 4.69) is 147 Å². The van der Waals surface area contributed by atoms with Gasteiger partial charge in [-0.2, -0.15) is 0 Å². The van der Waals surface area contributed by atoms with Crippen molar-refractivity contribution in [3.63, 3.8) is 0 Å². The summed E-state index contributed by atoms with van der Waals surface area (Å²) in [6.07, 6.45) is 5.36. The molecule has 2 aliphatic rings. The number of hydrogen-bond donors (Lipinski definition) is 0. The highest BCUT2D eigenvalue weighted by Gasteiger charge is 2.57. The van der Waals surface area contributed by atoms with Gasteiger partial charge in [-0.15, -0.1) is 0 Å². The highest BCUT2D eigenvalue weighted by molar-refractivity contribution is 5.23. The predicted molar refractivity (Wildman–Crippen MR) is 189 cm³/mol. The number of ether oxygens (including phenoxy) is 2. The second-order valence-corrected chi connectivity index (χ2v) is 14.1. The number of aryl methyl sites for hydroxylation is 2. The van der Waals surface area contributed by atoms with Crippen molar-refractivity contribution in [2.45, 2.75) is 77.0 Å². The molecule has 6 rings (SSSR count). The first-order chi connectivity index (χ1) is 22.4. The fourth-order valence-electron chi connectivity index (χ4n) is 7.73. The van der Waals surface area contributed by atoms with Gasteiger partial charge in [0.25, 0.3) is 0 Å². The van der Waals surface area contributed by atoms with Gasteiger partial charge in [0.1, 0.15) is 12.2 Å². The highest BCUT2D eigenvalue weighted by atomic mass is 16.8. The molecule has 1 saturated carbocycles. The van der Waals surface area contributed by atoms with E-state index in [-0.39, 0.29) is 12.2 Å². The SMILES string of the molecule is Cc1ccc(CN(C)C[C@H]2OC3(O[C@@H]2CN(C)Cc2ccc(C)cc2)C(Cc2ccccc2)CCCC3Cc2ccccc2)cc1. The zero-order valence-corrected chi connectivity index (χ0v) is 28.3. The van der Waals surface area contributed by atoms with E-state index >= 15 is 0 Å². The van der Waals surface area contributed by atoms with Gasteiger partial charge in [-0.3, -0.25) is 9.80 Å². The molecule has 4 aromatic rings. The Labute approximate surface area is 277 Å². The van der Waals surface area contributed by atoms with E-state index in [1.165, 1.54) is 39.8 Å². The Morgan fingerprint density at radius 2 is 0.935 bits per heavy atom. The third-order valence-corrected chi connectivity index (χ3v) is 10.1. The van der Waals surface area contributed by atoms with Crippen LogP contribution in [0.25, 0.3) is 0 Å². The molecule has 1 heterocycles. The lowest BCUT2D eigenvalue weighted by Gasteiger charge is -2.46. The van der Waals surface area contributed by atoms with Crippen LogP contribution in [-0.4, -0.2) is 55.0 Å². The largest absolute Gasteiger partial charge is 0.342 e. The molecule has 46 heavy (non-hydrogen) atoms. The van der Waals surface area contributed by atoms with Gasteiger partial charge < -0.3 is 9.47 Å². The Kier molecular flexibility index (Phi) is 10.7. The Balaban J connectivity index is 1.29. The van der Waals surface area contributed by atoms with E-state index < -0.39 is 5.79 Å². The van der Waals surface area contributed by atoms with Gasteiger partial charge in [0.15, 0.2) is 5.79 Å². The second-order valence-electron chi connectivity index (χ2n) is 14.1. The van der Waals surface area contributed by atoms with Crippen LogP contribution < -0.4 is 0 Å². The molecule has 1 saturated heterocycles. The molecule has 1 aliphatic heterocycles. The van der Waals surface area contributed by atoms with Crippen molar-refractivity contribution < 1.29 is 9.47 Å². The summed E-state index contributed by atoms with van der Waals surface area (Å²) in [5, 5.41) is 0. The van der Waals surface area contributed by atoms with E-state index in [4.69, 9.17) is 9.47 Å². The summed E-state index contributed by atoms with van der Waals surface area (Å²) >= 11 is 0. The molecule has 4 aromatic carbocycles. The quantitative estimate of drug-likeness (QED) is 0.160. The average molecular weight is 617 g/mol. The first-order valence-corrected chi connectivity index (χ1v) is 17.3. The molecule has 4 nitrogen and oxygen atoms in total. The Hall–Kier alpha value is -3.28. The maximum absolute atomic E-state index is 7.48. The van der Waals surface area contributed by atoms with Gasteiger partial charge in [0.05, 0.1) is 0 Å². The first-order valence-electron chi connectivity index (χ1n) is 17.3. The number of benzene rings is 4. The smallest absolute Gasteiger partial charge is 0.175 e. The minimum atomic E-state index is -0.616. The average Bonchev–Trinajstić information content (AvgIpc) is 3.40. The van der Waals surface area contributed by atoms with Crippen molar-refractivity contribution in [2.75, 3.05) is 27.2 Å². The Morgan fingerprint density at radius 3 is 1.33 bits per heavy atom. The molecule has 0 amide bonds. The van der Waals surface area contributed by atoms with Crippen LogP contribution in [0.1, 0.15) is 52.6 Å². The van der Waals surface area contributed by atoms with Crippen molar-refractivity contribution in [1.82, 2.24) is 9.80 Å². The maximum atomic E-state index is 7.48. The standard InChI is InChI=1S/C42H52N2O2/c1-32-18-22-36(23-19-32)28-43(3)30-40-41(31-44(4)29-37-24-20-33(2)21-25-37)46-42(45-40)38(26-34-12-7-5-8-13-34)16-11-17-39(42)27-35-14-9-6-10-15-35/h5-10,12-15,18-25,38-41H,11,16-17,26-31H2,1-4H3/t38?,39?,40-,41-/m1/s1. The fraction of sp³-hybridized carbons (Fsp3) is 0.429. The van der Waals surface area contributed by atoms with Crippen molar-refractivity contribution in [3.05, 3.63) is 143 Å². The lowest BCUT2D eigenvalue weighted by molar-refractivity contribution is -0.260. The van der Waals surface area contributed by atoms with E-state index in [0.717, 1.165) is 51.9 Å². The summed E-state index contributed by atoms with van der Waals surface area (Å²) < 4.78 is 15.0. The van der Waals surface area contributed by atoms with Gasteiger partial charge in [0, 0.05) is 38.0 Å². The van der Waals surface area contributed by atoms with Crippen LogP contribution in [0.4, 0.5) is 0 Å². The van der Waals surface area contributed by atoms with E-state index in [1.54, 1.807) is 0 Å². The van der Waals surface area contributed by atoms with Gasteiger partial charge >= 0.3 is 0 Å². The van der Waals surface area contributed by atoms with Crippen LogP contribution in [0.15, 0.2) is 109 Å². The van der Waals surface area contributed by atoms with Gasteiger partial charge in [-0.05, 0) is 75.9 Å². The molecular formula is C42H52N2O2. The van der Waals surface area contributed by atoms with Crippen LogP contribution in [-0.2, 0) is 35.4 Å². The molecule has 1 aliphatic carbocycles. The predicted octanol–water partition coefficient (Wildman–Crippen LogP) is 8.25. The van der Waals surface area contributed by atoms with E-state index in [1.807, 2.05) is 0 Å². The molecule has 2 unspecified atom stereocenters. The lowest BCUT2D eigenvalue weighted by Crippen LogP contribution is -2.51. The molecule has 0 radical (unpaired) electrons. The minimum absolute atomic E-state index is 0.0226. The van der Waals surface area contributed by atoms with Crippen molar-refractivity contribution >= 4 is 0 Å². The summed E-state index contributed by atoms with van der Waals surface area (Å²) in [6.45, 7) is 7.73. The molecule has 242 valence electrons. The molecule has 2 fully saturated rings. The van der Waals surface area contributed by atoms with Crippen molar-refractivity contribution in [2.24, 2.45) is 11.8 Å². The number of hydrogen-bond acceptors (Lipinski definition) is 4. The van der Waals surface area contributed by atoms with Crippen LogP contribution in [0.5, 0.6) is 0 Å². The van der Waals surface area contributed by atoms with Crippen LogP contribution in [0.2, 0.25) is 0 Å². The normalized spacial score (nSPS) is 22.6. The van der Waals surface area contributed by atoms with Crippen LogP contribution in [0.3, 0.4) is 0 Å². The fourth-order valence-corrected chi connectivity index (χ4v) is 7.73. The lowest BCUT2D eigenvalue weighted by atomic mass is 9.71. The maximum Gasteiger partial charge on any atom is 0.175 e. The van der Waals surface area contributed by atoms with Gasteiger partial charge in [-0.25, -0.2) is 0 Å². The molecule has 4 heteroatoms. The van der Waals surface area contributed by atoms with E-state index in [9.17, 15) is 0 Å². The van der Waals surface area contributed by atoms with E-state index in [0.29, 0.717) is 11.8 Å². The van der Waals surface area contributed by atoms with Crippen LogP contribution >= 0.6 is 0 Å². The topological polar surface area (TPSA) is 24.9 Å². The summed E-state index contributed by atoms with van der Waals surface area (Å²) in [5.74, 6) is -0.0152. The number of rotatable bonds is 12. The third kappa shape index (κ3) is 8.16. The molecule has 0 N–H and O–H groups in total. The molecule has 1 spiro atoms. The summed E-state index contributed by atoms with van der Waals surface area (Å²) in [5.41, 5.74) is 7.99. The van der Waals surface area contributed by atoms with Crippen molar-refractivity contribution in [3.8, 4) is 0 Å². The summed E-state index contributed by atoms with van der Waals surface area (Å²) in [6, 6.07) is 39.8. The summed E-state index contributed by atoms with van der Waals surface area (Å²) in [4.78, 5) is 4.85. The monoisotopic (exact) mass is 616 g/mol. The third-order valence-electron chi connectivity index (χ3n) is 10.1. The Bertz CT molecular complexity index is 1370. The molecular weight excluding hydrogens is 564 g/mol. The number of likely N-dealkylation sites (N-methyl/N-ethyl adjacent to an activating group) is 2. The van der Waals surface area contributed by atoms with Gasteiger partial charge in [0.2, 0.25) is 0 Å². The highest BCUT2D eigenvalue weighted by Crippen LogP contribution is 2.50. The van der Waals surface area contributed by atoms with Crippen molar-refractivity contribution in [1.29, 1.82) is 0 Å². The minimum Gasteiger partial charge on any atom is -0.342 e. The Morgan fingerprint density at radius 1 is 0.543 bits per heavy atom. The zero-order chi connectivity index (χ0) is 31.9. The summed E-state index contributed by atoms with van der Waals surface area (Å²) in [7, 11) is 4.45. The molecule has 0 bridgehead atoms. The van der Waals surface area contributed by atoms with Gasteiger partial charge in [-0.1, -0.05) is 127 Å². The first kappa shape index (κ1) is 32.7. The molecule has 0 aromatic heterocycles. The van der Waals surface area contributed by atoms with Crippen LogP contribution in [0, 0.1) is 25.7 Å².